The lowest BCUT2D eigenvalue weighted by Crippen LogP contribution is -2.51. The van der Waals surface area contributed by atoms with Gasteiger partial charge in [0.15, 0.2) is 0 Å². The van der Waals surface area contributed by atoms with Gasteiger partial charge >= 0.3 is 6.09 Å². The fourth-order valence-electron chi connectivity index (χ4n) is 4.06. The molecule has 1 saturated heterocycles. The van der Waals surface area contributed by atoms with Gasteiger partial charge in [-0.25, -0.2) is 14.8 Å². The van der Waals surface area contributed by atoms with Crippen LogP contribution in [0.5, 0.6) is 0 Å². The predicted molar refractivity (Wildman–Crippen MR) is 130 cm³/mol. The molecule has 1 N–H and O–H groups in total. The van der Waals surface area contributed by atoms with Gasteiger partial charge in [-0.2, -0.15) is 0 Å². The molecule has 1 atom stereocenters. The second kappa shape index (κ2) is 9.70. The number of nitrogens with zero attached hydrogens (tertiary/aromatic N) is 5. The Morgan fingerprint density at radius 3 is 2.61 bits per heavy atom. The number of aromatic nitrogens is 3. The molecule has 0 radical (unpaired) electrons. The van der Waals surface area contributed by atoms with Crippen LogP contribution in [0.15, 0.2) is 49.1 Å². The molecule has 1 aliphatic heterocycles. The number of benzene rings is 1. The van der Waals surface area contributed by atoms with Gasteiger partial charge < -0.3 is 15.0 Å². The molecule has 1 aromatic carbocycles. The summed E-state index contributed by atoms with van der Waals surface area (Å²) in [6.07, 6.45) is 5.00. The van der Waals surface area contributed by atoms with Crippen molar-refractivity contribution in [2.75, 3.05) is 38.0 Å². The molecule has 0 bridgehead atoms. The highest BCUT2D eigenvalue weighted by Gasteiger charge is 2.26. The zero-order chi connectivity index (χ0) is 23.4. The lowest BCUT2D eigenvalue weighted by atomic mass is 10.0. The highest BCUT2D eigenvalue weighted by molar-refractivity contribution is 5.98. The van der Waals surface area contributed by atoms with E-state index in [-0.39, 0.29) is 12.1 Å². The number of piperazine rings is 1. The molecule has 0 aliphatic carbocycles. The average Bonchev–Trinajstić information content (AvgIpc) is 2.79. The van der Waals surface area contributed by atoms with Gasteiger partial charge in [0.25, 0.3) is 0 Å². The molecule has 1 unspecified atom stereocenters. The Labute approximate surface area is 195 Å². The fraction of sp³-hybridized carbons (Fsp3) is 0.440. The number of rotatable bonds is 5. The zero-order valence-electron chi connectivity index (χ0n) is 19.8. The summed E-state index contributed by atoms with van der Waals surface area (Å²) in [7, 11) is 0. The number of hydrogen-bond donors (Lipinski definition) is 1. The van der Waals surface area contributed by atoms with E-state index in [1.54, 1.807) is 17.4 Å². The molecular formula is C25H32N6O2. The van der Waals surface area contributed by atoms with Crippen molar-refractivity contribution in [3.05, 3.63) is 49.1 Å². The Morgan fingerprint density at radius 1 is 1.12 bits per heavy atom. The van der Waals surface area contributed by atoms with E-state index in [0.29, 0.717) is 13.1 Å². The van der Waals surface area contributed by atoms with Gasteiger partial charge in [-0.3, -0.25) is 9.88 Å². The standard InChI is InChI=1S/C25H32N6O2/c1-18(16-30-11-13-31(14-12-30)24(32)33-25(2,3)4)29-23-21-9-5-8-20(22(21)27-17-28-23)19-7-6-10-26-15-19/h5-10,15,17-18H,11-14,16H2,1-4H3,(H,27,28,29). The second-order valence-electron chi connectivity index (χ2n) is 9.48. The lowest BCUT2D eigenvalue weighted by molar-refractivity contribution is 0.0144. The van der Waals surface area contributed by atoms with E-state index in [0.717, 1.165) is 47.5 Å². The maximum Gasteiger partial charge on any atom is 0.410 e. The van der Waals surface area contributed by atoms with Crippen LogP contribution in [0.4, 0.5) is 10.6 Å². The molecule has 4 rings (SSSR count). The Hall–Kier alpha value is -3.26. The van der Waals surface area contributed by atoms with Crippen LogP contribution in [0.25, 0.3) is 22.0 Å². The summed E-state index contributed by atoms with van der Waals surface area (Å²) in [5.74, 6) is 0.825. The maximum absolute atomic E-state index is 12.3. The first-order valence-corrected chi connectivity index (χ1v) is 11.4. The van der Waals surface area contributed by atoms with Crippen LogP contribution >= 0.6 is 0 Å². The third-order valence-corrected chi connectivity index (χ3v) is 5.58. The van der Waals surface area contributed by atoms with E-state index < -0.39 is 5.60 Å². The Balaban J connectivity index is 1.39. The normalized spacial score (nSPS) is 15.9. The second-order valence-corrected chi connectivity index (χ2v) is 9.48. The predicted octanol–water partition coefficient (Wildman–Crippen LogP) is 4.04. The number of hydrogen-bond acceptors (Lipinski definition) is 7. The minimum atomic E-state index is -0.468. The van der Waals surface area contributed by atoms with E-state index in [4.69, 9.17) is 4.74 Å². The third-order valence-electron chi connectivity index (χ3n) is 5.58. The summed E-state index contributed by atoms with van der Waals surface area (Å²) >= 11 is 0. The highest BCUT2D eigenvalue weighted by Crippen LogP contribution is 2.29. The molecule has 8 nitrogen and oxygen atoms in total. The van der Waals surface area contributed by atoms with Crippen LogP contribution < -0.4 is 5.32 Å². The molecule has 3 heterocycles. The summed E-state index contributed by atoms with van der Waals surface area (Å²) in [5, 5.41) is 4.55. The molecule has 33 heavy (non-hydrogen) atoms. The minimum Gasteiger partial charge on any atom is -0.444 e. The number of amides is 1. The molecule has 2 aromatic heterocycles. The van der Waals surface area contributed by atoms with Crippen molar-refractivity contribution in [3.8, 4) is 11.1 Å². The molecule has 0 spiro atoms. The molecule has 8 heteroatoms. The number of anilines is 1. The van der Waals surface area contributed by atoms with Crippen molar-refractivity contribution in [1.29, 1.82) is 0 Å². The zero-order valence-corrected chi connectivity index (χ0v) is 19.8. The van der Waals surface area contributed by atoms with Crippen LogP contribution in [-0.2, 0) is 4.74 Å². The maximum atomic E-state index is 12.3. The van der Waals surface area contributed by atoms with Crippen LogP contribution in [0.3, 0.4) is 0 Å². The van der Waals surface area contributed by atoms with E-state index in [1.165, 1.54) is 0 Å². The Bertz CT molecular complexity index is 1090. The molecule has 0 saturated carbocycles. The van der Waals surface area contributed by atoms with Crippen LogP contribution in [0.2, 0.25) is 0 Å². The highest BCUT2D eigenvalue weighted by atomic mass is 16.6. The van der Waals surface area contributed by atoms with Gasteiger partial charge in [0.05, 0.1) is 5.52 Å². The smallest absolute Gasteiger partial charge is 0.410 e. The van der Waals surface area contributed by atoms with Gasteiger partial charge in [-0.15, -0.1) is 0 Å². The number of carbonyl (C=O) groups excluding carboxylic acids is 1. The van der Waals surface area contributed by atoms with Crippen molar-refractivity contribution in [1.82, 2.24) is 24.8 Å². The molecule has 1 amide bonds. The van der Waals surface area contributed by atoms with E-state index >= 15 is 0 Å². The monoisotopic (exact) mass is 448 g/mol. The molecule has 1 aliphatic rings. The average molecular weight is 449 g/mol. The fourth-order valence-corrected chi connectivity index (χ4v) is 4.06. The van der Waals surface area contributed by atoms with E-state index in [1.807, 2.05) is 51.2 Å². The minimum absolute atomic E-state index is 0.179. The van der Waals surface area contributed by atoms with Gasteiger partial charge in [0.1, 0.15) is 17.7 Å². The van der Waals surface area contributed by atoms with Gasteiger partial charge in [-0.05, 0) is 39.8 Å². The van der Waals surface area contributed by atoms with Crippen molar-refractivity contribution in [3.63, 3.8) is 0 Å². The van der Waals surface area contributed by atoms with Gasteiger partial charge in [0.2, 0.25) is 0 Å². The molecule has 3 aromatic rings. The topological polar surface area (TPSA) is 83.5 Å². The van der Waals surface area contributed by atoms with Crippen molar-refractivity contribution >= 4 is 22.8 Å². The number of pyridine rings is 1. The van der Waals surface area contributed by atoms with Gasteiger partial charge in [0, 0.05) is 67.7 Å². The number of ether oxygens (including phenoxy) is 1. The van der Waals surface area contributed by atoms with Crippen LogP contribution in [0.1, 0.15) is 27.7 Å². The molecule has 174 valence electrons. The lowest BCUT2D eigenvalue weighted by Gasteiger charge is -2.36. The quantitative estimate of drug-likeness (QED) is 0.630. The Kier molecular flexibility index (Phi) is 6.74. The van der Waals surface area contributed by atoms with Crippen LogP contribution in [0, 0.1) is 0 Å². The molecule has 1 fully saturated rings. The van der Waals surface area contributed by atoms with Crippen molar-refractivity contribution < 1.29 is 9.53 Å². The first-order valence-electron chi connectivity index (χ1n) is 11.4. The summed E-state index contributed by atoms with van der Waals surface area (Å²) in [6.45, 7) is 11.7. The van der Waals surface area contributed by atoms with Gasteiger partial charge in [-0.1, -0.05) is 18.2 Å². The van der Waals surface area contributed by atoms with E-state index in [2.05, 4.69) is 38.2 Å². The van der Waals surface area contributed by atoms with Crippen LogP contribution in [-0.4, -0.2) is 75.2 Å². The number of fused-ring (bicyclic) bond motifs is 1. The van der Waals surface area contributed by atoms with Crippen molar-refractivity contribution in [2.24, 2.45) is 0 Å². The SMILES string of the molecule is CC(CN1CCN(C(=O)OC(C)(C)C)CC1)Nc1ncnc2c(-c3cccnc3)cccc12. The summed E-state index contributed by atoms with van der Waals surface area (Å²) in [6, 6.07) is 10.3. The first kappa shape index (κ1) is 22.9. The first-order chi connectivity index (χ1) is 15.8. The summed E-state index contributed by atoms with van der Waals surface area (Å²) in [5.41, 5.74) is 2.51. The Morgan fingerprint density at radius 2 is 1.91 bits per heavy atom. The summed E-state index contributed by atoms with van der Waals surface area (Å²) < 4.78 is 5.49. The van der Waals surface area contributed by atoms with Crippen molar-refractivity contribution in [2.45, 2.75) is 39.3 Å². The molecular weight excluding hydrogens is 416 g/mol. The summed E-state index contributed by atoms with van der Waals surface area (Å²) in [4.78, 5) is 29.8. The van der Waals surface area contributed by atoms with E-state index in [9.17, 15) is 4.79 Å². The third kappa shape index (κ3) is 5.76. The largest absolute Gasteiger partial charge is 0.444 e. The number of para-hydroxylation sites is 1. The number of nitrogens with one attached hydrogen (secondary N) is 1. The number of carbonyl (C=O) groups is 1.